The lowest BCUT2D eigenvalue weighted by molar-refractivity contribution is 0.804. The molecule has 0 saturated carbocycles. The lowest BCUT2D eigenvalue weighted by Crippen LogP contribution is -2.22. The van der Waals surface area contributed by atoms with Crippen molar-refractivity contribution in [1.29, 1.82) is 0 Å². The van der Waals surface area contributed by atoms with Crippen LogP contribution in [0.3, 0.4) is 0 Å². The maximum atomic E-state index is 5.57. The zero-order valence-electron chi connectivity index (χ0n) is 8.37. The maximum absolute atomic E-state index is 5.57. The van der Waals surface area contributed by atoms with Crippen LogP contribution in [0.5, 0.6) is 0 Å². The Labute approximate surface area is 85.0 Å². The first kappa shape index (κ1) is 9.13. The van der Waals surface area contributed by atoms with E-state index in [2.05, 4.69) is 35.7 Å². The van der Waals surface area contributed by atoms with Crippen LogP contribution in [0.15, 0.2) is 36.5 Å². The molecule has 74 valence electrons. The van der Waals surface area contributed by atoms with Gasteiger partial charge in [0.25, 0.3) is 0 Å². The molecule has 0 amide bonds. The summed E-state index contributed by atoms with van der Waals surface area (Å²) in [6.07, 6.45) is 2.04. The number of benzene rings is 1. The van der Waals surface area contributed by atoms with Gasteiger partial charge in [0.05, 0.1) is 0 Å². The highest BCUT2D eigenvalue weighted by Gasteiger charge is 2.17. The molecule has 0 radical (unpaired) electrons. The molecule has 1 aliphatic heterocycles. The van der Waals surface area contributed by atoms with Gasteiger partial charge in [-0.15, -0.1) is 0 Å². The molecule has 2 heteroatoms. The molecule has 0 aliphatic carbocycles. The molecule has 0 bridgehead atoms. The van der Waals surface area contributed by atoms with E-state index >= 15 is 0 Å². The fraction of sp³-hybridized carbons (Fsp3) is 0.333. The molecule has 2 nitrogen and oxygen atoms in total. The summed E-state index contributed by atoms with van der Waals surface area (Å²) < 4.78 is 0. The predicted octanol–water partition coefficient (Wildman–Crippen LogP) is 1.91. The van der Waals surface area contributed by atoms with Gasteiger partial charge in [-0.3, -0.25) is 0 Å². The largest absolute Gasteiger partial charge is 0.402 e. The van der Waals surface area contributed by atoms with Gasteiger partial charge in [0.15, 0.2) is 0 Å². The minimum atomic E-state index is 0.773. The Morgan fingerprint density at radius 2 is 2.21 bits per heavy atom. The van der Waals surface area contributed by atoms with Gasteiger partial charge < -0.3 is 10.6 Å². The summed E-state index contributed by atoms with van der Waals surface area (Å²) in [4.78, 5) is 2.38. The molecule has 14 heavy (non-hydrogen) atoms. The fourth-order valence-electron chi connectivity index (χ4n) is 1.92. The number of anilines is 1. The Bertz CT molecular complexity index is 344. The van der Waals surface area contributed by atoms with Crippen molar-refractivity contribution in [2.45, 2.75) is 12.8 Å². The second-order valence-electron chi connectivity index (χ2n) is 3.77. The van der Waals surface area contributed by atoms with E-state index in [-0.39, 0.29) is 0 Å². The van der Waals surface area contributed by atoms with Crippen LogP contribution in [0, 0.1) is 0 Å². The number of rotatable bonds is 3. The SMILES string of the molecule is C=C(N)CCN1CCc2ccccc21. The van der Waals surface area contributed by atoms with Crippen molar-refractivity contribution < 1.29 is 0 Å². The van der Waals surface area contributed by atoms with Crippen LogP contribution in [0.2, 0.25) is 0 Å². The first-order valence-electron chi connectivity index (χ1n) is 5.03. The Morgan fingerprint density at radius 3 is 3.00 bits per heavy atom. The maximum Gasteiger partial charge on any atom is 0.0399 e. The Morgan fingerprint density at radius 1 is 1.43 bits per heavy atom. The lowest BCUT2D eigenvalue weighted by Gasteiger charge is -2.18. The highest BCUT2D eigenvalue weighted by Crippen LogP contribution is 2.27. The van der Waals surface area contributed by atoms with Crippen molar-refractivity contribution in [1.82, 2.24) is 0 Å². The molecule has 0 saturated heterocycles. The summed E-state index contributed by atoms with van der Waals surface area (Å²) in [7, 11) is 0. The minimum absolute atomic E-state index is 0.773. The predicted molar refractivity (Wildman–Crippen MR) is 60.3 cm³/mol. The van der Waals surface area contributed by atoms with Gasteiger partial charge >= 0.3 is 0 Å². The van der Waals surface area contributed by atoms with Crippen LogP contribution in [-0.4, -0.2) is 13.1 Å². The zero-order valence-corrected chi connectivity index (χ0v) is 8.37. The van der Waals surface area contributed by atoms with Crippen molar-refractivity contribution >= 4 is 5.69 Å². The molecule has 1 heterocycles. The average molecular weight is 188 g/mol. The molecule has 0 unspecified atom stereocenters. The van der Waals surface area contributed by atoms with Crippen LogP contribution in [-0.2, 0) is 6.42 Å². The Balaban J connectivity index is 2.07. The van der Waals surface area contributed by atoms with E-state index in [1.165, 1.54) is 11.3 Å². The lowest BCUT2D eigenvalue weighted by atomic mass is 10.2. The number of para-hydroxylation sites is 1. The number of fused-ring (bicyclic) bond motifs is 1. The first-order valence-corrected chi connectivity index (χ1v) is 5.03. The third kappa shape index (κ3) is 1.74. The normalized spacial score (nSPS) is 14.1. The van der Waals surface area contributed by atoms with Gasteiger partial charge in [0.2, 0.25) is 0 Å². The summed E-state index contributed by atoms with van der Waals surface area (Å²) in [5, 5.41) is 0. The molecule has 1 aliphatic rings. The van der Waals surface area contributed by atoms with Gasteiger partial charge in [0.1, 0.15) is 0 Å². The van der Waals surface area contributed by atoms with Crippen molar-refractivity contribution in [3.63, 3.8) is 0 Å². The van der Waals surface area contributed by atoms with Crippen molar-refractivity contribution in [3.05, 3.63) is 42.1 Å². The van der Waals surface area contributed by atoms with Crippen LogP contribution in [0.25, 0.3) is 0 Å². The van der Waals surface area contributed by atoms with E-state index in [0.29, 0.717) is 0 Å². The number of hydrogen-bond donors (Lipinski definition) is 1. The molecule has 2 N–H and O–H groups in total. The number of hydrogen-bond acceptors (Lipinski definition) is 2. The molecule has 0 aromatic heterocycles. The molecular weight excluding hydrogens is 172 g/mol. The first-order chi connectivity index (χ1) is 6.77. The second kappa shape index (κ2) is 3.74. The van der Waals surface area contributed by atoms with E-state index in [4.69, 9.17) is 5.73 Å². The van der Waals surface area contributed by atoms with E-state index < -0.39 is 0 Å². The molecule has 0 fully saturated rings. The highest BCUT2D eigenvalue weighted by atomic mass is 15.1. The van der Waals surface area contributed by atoms with Crippen LogP contribution in [0.4, 0.5) is 5.69 Å². The second-order valence-corrected chi connectivity index (χ2v) is 3.77. The quantitative estimate of drug-likeness (QED) is 0.785. The zero-order chi connectivity index (χ0) is 9.97. The monoisotopic (exact) mass is 188 g/mol. The standard InChI is InChI=1S/C12H16N2/c1-10(13)6-8-14-9-7-11-4-2-3-5-12(11)14/h2-5H,1,6-9,13H2. The Kier molecular flexibility index (Phi) is 2.44. The summed E-state index contributed by atoms with van der Waals surface area (Å²) in [6, 6.07) is 8.58. The number of nitrogens with two attached hydrogens (primary N) is 1. The third-order valence-corrected chi connectivity index (χ3v) is 2.69. The van der Waals surface area contributed by atoms with Gasteiger partial charge in [0, 0.05) is 30.9 Å². The van der Waals surface area contributed by atoms with E-state index in [9.17, 15) is 0 Å². The van der Waals surface area contributed by atoms with Gasteiger partial charge in [-0.25, -0.2) is 0 Å². The molecule has 0 atom stereocenters. The van der Waals surface area contributed by atoms with Crippen LogP contribution in [0.1, 0.15) is 12.0 Å². The smallest absolute Gasteiger partial charge is 0.0399 e. The Hall–Kier alpha value is -1.44. The molecular formula is C12H16N2. The highest BCUT2D eigenvalue weighted by molar-refractivity contribution is 5.57. The topological polar surface area (TPSA) is 29.3 Å². The minimum Gasteiger partial charge on any atom is -0.402 e. The van der Waals surface area contributed by atoms with E-state index in [1.807, 2.05) is 0 Å². The summed E-state index contributed by atoms with van der Waals surface area (Å²) in [5.41, 5.74) is 9.16. The summed E-state index contributed by atoms with van der Waals surface area (Å²) >= 11 is 0. The molecule has 1 aromatic rings. The van der Waals surface area contributed by atoms with Gasteiger partial charge in [-0.05, 0) is 18.1 Å². The van der Waals surface area contributed by atoms with Crippen molar-refractivity contribution in [2.75, 3.05) is 18.0 Å². The molecule has 2 rings (SSSR count). The van der Waals surface area contributed by atoms with Gasteiger partial charge in [-0.1, -0.05) is 24.8 Å². The fourth-order valence-corrected chi connectivity index (χ4v) is 1.92. The summed E-state index contributed by atoms with van der Waals surface area (Å²) in [5.74, 6) is 0. The van der Waals surface area contributed by atoms with Crippen molar-refractivity contribution in [2.24, 2.45) is 5.73 Å². The number of nitrogens with zero attached hydrogens (tertiary/aromatic N) is 1. The van der Waals surface area contributed by atoms with Crippen LogP contribution >= 0.6 is 0 Å². The molecule has 0 spiro atoms. The van der Waals surface area contributed by atoms with E-state index in [1.54, 1.807) is 0 Å². The van der Waals surface area contributed by atoms with Gasteiger partial charge in [-0.2, -0.15) is 0 Å². The average Bonchev–Trinajstić information content (AvgIpc) is 2.58. The summed E-state index contributed by atoms with van der Waals surface area (Å²) in [6.45, 7) is 5.83. The third-order valence-electron chi connectivity index (χ3n) is 2.69. The van der Waals surface area contributed by atoms with Crippen molar-refractivity contribution in [3.8, 4) is 0 Å². The van der Waals surface area contributed by atoms with Crippen LogP contribution < -0.4 is 10.6 Å². The molecule has 1 aromatic carbocycles. The van der Waals surface area contributed by atoms with E-state index in [0.717, 1.165) is 31.6 Å².